The molecule has 4 heteroatoms. The monoisotopic (exact) mass is 216 g/mol. The van der Waals surface area contributed by atoms with E-state index in [0.29, 0.717) is 12.4 Å². The van der Waals surface area contributed by atoms with Crippen molar-refractivity contribution in [1.29, 1.82) is 0 Å². The molecule has 1 aromatic heterocycles. The van der Waals surface area contributed by atoms with Crippen LogP contribution in [0.2, 0.25) is 5.22 Å². The van der Waals surface area contributed by atoms with Crippen molar-refractivity contribution >= 4 is 17.6 Å². The van der Waals surface area contributed by atoms with E-state index in [4.69, 9.17) is 20.8 Å². The molecule has 1 heterocycles. The molecule has 0 amide bonds. The second-order valence-corrected chi connectivity index (χ2v) is 3.82. The van der Waals surface area contributed by atoms with Gasteiger partial charge in [-0.1, -0.05) is 0 Å². The molecule has 1 rings (SSSR count). The normalized spacial score (nSPS) is 11.4. The molecule has 0 aliphatic heterocycles. The summed E-state index contributed by atoms with van der Waals surface area (Å²) in [5, 5.41) is 0.275. The molecule has 0 bridgehead atoms. The minimum absolute atomic E-state index is 0.275. The summed E-state index contributed by atoms with van der Waals surface area (Å²) in [5.74, 6) is 0.201. The third-order valence-corrected chi connectivity index (χ3v) is 2.18. The number of furan rings is 1. The average molecular weight is 217 g/mol. The molecule has 0 aliphatic rings. The van der Waals surface area contributed by atoms with Crippen LogP contribution in [0.15, 0.2) is 16.5 Å². The second kappa shape index (κ2) is 4.05. The number of esters is 1. The van der Waals surface area contributed by atoms with Gasteiger partial charge in [-0.2, -0.15) is 0 Å². The molecular weight excluding hydrogens is 204 g/mol. The van der Waals surface area contributed by atoms with Crippen molar-refractivity contribution in [1.82, 2.24) is 0 Å². The van der Waals surface area contributed by atoms with E-state index in [9.17, 15) is 4.79 Å². The summed E-state index contributed by atoms with van der Waals surface area (Å²) < 4.78 is 10.1. The fourth-order valence-corrected chi connectivity index (χ4v) is 1.21. The van der Waals surface area contributed by atoms with Gasteiger partial charge in [-0.25, -0.2) is 0 Å². The first-order chi connectivity index (χ1) is 6.48. The average Bonchev–Trinajstić information content (AvgIpc) is 2.52. The van der Waals surface area contributed by atoms with Gasteiger partial charge in [0.05, 0.1) is 6.61 Å². The first kappa shape index (κ1) is 11.1. The van der Waals surface area contributed by atoms with E-state index < -0.39 is 5.41 Å². The van der Waals surface area contributed by atoms with Crippen molar-refractivity contribution in [2.45, 2.75) is 26.2 Å². The molecule has 0 aromatic carbocycles. The van der Waals surface area contributed by atoms with Gasteiger partial charge in [-0.3, -0.25) is 4.79 Å². The highest BCUT2D eigenvalue weighted by atomic mass is 35.5. The second-order valence-electron chi connectivity index (χ2n) is 3.45. The Morgan fingerprint density at radius 1 is 1.57 bits per heavy atom. The van der Waals surface area contributed by atoms with E-state index in [1.54, 1.807) is 32.9 Å². The van der Waals surface area contributed by atoms with E-state index in [0.717, 1.165) is 0 Å². The first-order valence-corrected chi connectivity index (χ1v) is 4.79. The third-order valence-electron chi connectivity index (χ3n) is 1.97. The largest absolute Gasteiger partial charge is 0.465 e. The quantitative estimate of drug-likeness (QED) is 0.730. The van der Waals surface area contributed by atoms with Crippen molar-refractivity contribution in [3.8, 4) is 0 Å². The van der Waals surface area contributed by atoms with Gasteiger partial charge >= 0.3 is 5.97 Å². The highest BCUT2D eigenvalue weighted by Crippen LogP contribution is 2.28. The molecule has 0 aliphatic carbocycles. The Bertz CT molecular complexity index is 328. The van der Waals surface area contributed by atoms with E-state index in [2.05, 4.69) is 0 Å². The summed E-state index contributed by atoms with van der Waals surface area (Å²) in [6.45, 7) is 5.60. The van der Waals surface area contributed by atoms with Gasteiger partial charge in [0.2, 0.25) is 0 Å². The molecule has 78 valence electrons. The molecule has 3 nitrogen and oxygen atoms in total. The molecule has 0 unspecified atom stereocenters. The predicted octanol–water partition coefficient (Wildman–Crippen LogP) is 2.77. The standard InChI is InChI=1S/C10H13ClO3/c1-4-13-9(12)10(2,3)7-5-6-8(11)14-7/h5-6H,4H2,1-3H3. The van der Waals surface area contributed by atoms with Crippen LogP contribution in [0.5, 0.6) is 0 Å². The number of hydrogen-bond acceptors (Lipinski definition) is 3. The van der Waals surface area contributed by atoms with Gasteiger partial charge in [-0.15, -0.1) is 0 Å². The van der Waals surface area contributed by atoms with Crippen LogP contribution in [0.4, 0.5) is 0 Å². The number of carbonyl (C=O) groups excluding carboxylic acids is 1. The molecule has 14 heavy (non-hydrogen) atoms. The van der Waals surface area contributed by atoms with Crippen LogP contribution >= 0.6 is 11.6 Å². The van der Waals surface area contributed by atoms with E-state index in [-0.39, 0.29) is 11.2 Å². The Labute approximate surface area is 88.0 Å². The summed E-state index contributed by atoms with van der Waals surface area (Å²) in [6, 6.07) is 3.29. The predicted molar refractivity (Wildman–Crippen MR) is 53.4 cm³/mol. The SMILES string of the molecule is CCOC(=O)C(C)(C)c1ccc(Cl)o1. The smallest absolute Gasteiger partial charge is 0.319 e. The Morgan fingerprint density at radius 3 is 2.64 bits per heavy atom. The molecule has 0 saturated heterocycles. The molecule has 1 aromatic rings. The summed E-state index contributed by atoms with van der Waals surface area (Å²) in [6.07, 6.45) is 0. The van der Waals surface area contributed by atoms with Gasteiger partial charge in [0.25, 0.3) is 0 Å². The van der Waals surface area contributed by atoms with E-state index in [1.165, 1.54) is 0 Å². The van der Waals surface area contributed by atoms with Crippen LogP contribution in [-0.2, 0) is 14.9 Å². The first-order valence-electron chi connectivity index (χ1n) is 4.41. The van der Waals surface area contributed by atoms with Crippen LogP contribution < -0.4 is 0 Å². The molecule has 0 radical (unpaired) electrons. The fourth-order valence-electron chi connectivity index (χ4n) is 1.06. The van der Waals surface area contributed by atoms with Crippen molar-refractivity contribution in [2.24, 2.45) is 0 Å². The number of rotatable bonds is 3. The van der Waals surface area contributed by atoms with Crippen LogP contribution in [0.25, 0.3) is 0 Å². The lowest BCUT2D eigenvalue weighted by molar-refractivity contribution is -0.149. The zero-order valence-corrected chi connectivity index (χ0v) is 9.22. The zero-order chi connectivity index (χ0) is 10.8. The van der Waals surface area contributed by atoms with E-state index >= 15 is 0 Å². The van der Waals surface area contributed by atoms with Crippen molar-refractivity contribution in [2.75, 3.05) is 6.61 Å². The summed E-state index contributed by atoms with van der Waals surface area (Å²) in [7, 11) is 0. The Morgan fingerprint density at radius 2 is 2.21 bits per heavy atom. The maximum Gasteiger partial charge on any atom is 0.319 e. The molecule has 0 atom stereocenters. The number of ether oxygens (including phenoxy) is 1. The number of hydrogen-bond donors (Lipinski definition) is 0. The van der Waals surface area contributed by atoms with Crippen LogP contribution in [-0.4, -0.2) is 12.6 Å². The number of carbonyl (C=O) groups is 1. The Kier molecular flexibility index (Phi) is 3.21. The fraction of sp³-hybridized carbons (Fsp3) is 0.500. The lowest BCUT2D eigenvalue weighted by Crippen LogP contribution is -2.30. The van der Waals surface area contributed by atoms with E-state index in [1.807, 2.05) is 0 Å². The summed E-state index contributed by atoms with van der Waals surface area (Å²) in [5.41, 5.74) is -0.789. The van der Waals surface area contributed by atoms with Crippen LogP contribution in [0, 0.1) is 0 Å². The van der Waals surface area contributed by atoms with Crippen molar-refractivity contribution in [3.05, 3.63) is 23.1 Å². The van der Waals surface area contributed by atoms with Gasteiger partial charge in [0, 0.05) is 0 Å². The van der Waals surface area contributed by atoms with Gasteiger partial charge < -0.3 is 9.15 Å². The molecule has 0 fully saturated rings. The topological polar surface area (TPSA) is 39.4 Å². The molecular formula is C10H13ClO3. The van der Waals surface area contributed by atoms with Crippen molar-refractivity contribution < 1.29 is 13.9 Å². The lowest BCUT2D eigenvalue weighted by Gasteiger charge is -2.19. The van der Waals surface area contributed by atoms with Gasteiger partial charge in [-0.05, 0) is 44.5 Å². The van der Waals surface area contributed by atoms with Gasteiger partial charge in [0.15, 0.2) is 5.22 Å². The maximum absolute atomic E-state index is 11.5. The number of halogens is 1. The molecule has 0 saturated carbocycles. The summed E-state index contributed by atoms with van der Waals surface area (Å²) in [4.78, 5) is 11.5. The third kappa shape index (κ3) is 2.10. The minimum atomic E-state index is -0.789. The Balaban J connectivity index is 2.89. The van der Waals surface area contributed by atoms with Gasteiger partial charge in [0.1, 0.15) is 11.2 Å². The zero-order valence-electron chi connectivity index (χ0n) is 8.46. The minimum Gasteiger partial charge on any atom is -0.465 e. The molecule has 0 spiro atoms. The van der Waals surface area contributed by atoms with Crippen LogP contribution in [0.1, 0.15) is 26.5 Å². The molecule has 0 N–H and O–H groups in total. The highest BCUT2D eigenvalue weighted by Gasteiger charge is 2.34. The van der Waals surface area contributed by atoms with Crippen LogP contribution in [0.3, 0.4) is 0 Å². The van der Waals surface area contributed by atoms with Crippen molar-refractivity contribution in [3.63, 3.8) is 0 Å². The highest BCUT2D eigenvalue weighted by molar-refractivity contribution is 6.28. The summed E-state index contributed by atoms with van der Waals surface area (Å²) >= 11 is 5.63. The maximum atomic E-state index is 11.5. The Hall–Kier alpha value is -0.960. The lowest BCUT2D eigenvalue weighted by atomic mass is 9.91.